The minimum absolute atomic E-state index is 0.0741. The summed E-state index contributed by atoms with van der Waals surface area (Å²) in [5.74, 6) is 1.70. The molecule has 1 aromatic rings. The van der Waals surface area contributed by atoms with Crippen molar-refractivity contribution >= 4 is 5.82 Å². The first-order valence-corrected chi connectivity index (χ1v) is 7.34. The maximum atomic E-state index is 11.6. The first-order valence-electron chi connectivity index (χ1n) is 7.34. The van der Waals surface area contributed by atoms with Gasteiger partial charge in [0, 0.05) is 18.5 Å². The summed E-state index contributed by atoms with van der Waals surface area (Å²) < 4.78 is 0. The van der Waals surface area contributed by atoms with E-state index in [-0.39, 0.29) is 11.5 Å². The fourth-order valence-electron chi connectivity index (χ4n) is 2.73. The molecule has 4 nitrogen and oxygen atoms in total. The van der Waals surface area contributed by atoms with Crippen LogP contribution < -0.4 is 10.9 Å². The molecule has 0 spiro atoms. The summed E-state index contributed by atoms with van der Waals surface area (Å²) in [7, 11) is 0. The van der Waals surface area contributed by atoms with Gasteiger partial charge in [-0.3, -0.25) is 4.79 Å². The molecule has 1 aromatic heterocycles. The number of aromatic amines is 1. The molecule has 1 saturated carbocycles. The summed E-state index contributed by atoms with van der Waals surface area (Å²) in [6, 6.07) is 1.55. The van der Waals surface area contributed by atoms with E-state index in [0.717, 1.165) is 12.4 Å². The van der Waals surface area contributed by atoms with Crippen molar-refractivity contribution in [3.05, 3.63) is 22.2 Å². The average molecular weight is 263 g/mol. The number of nitrogens with zero attached hydrogens (tertiary/aromatic N) is 1. The van der Waals surface area contributed by atoms with Crippen LogP contribution in [-0.2, 0) is 0 Å². The number of aromatic nitrogens is 2. The lowest BCUT2D eigenvalue weighted by Gasteiger charge is -2.33. The molecule has 0 unspecified atom stereocenters. The van der Waals surface area contributed by atoms with Crippen LogP contribution in [0.5, 0.6) is 0 Å². The third kappa shape index (κ3) is 3.82. The van der Waals surface area contributed by atoms with Crippen LogP contribution >= 0.6 is 0 Å². The molecule has 0 bridgehead atoms. The van der Waals surface area contributed by atoms with Gasteiger partial charge in [-0.05, 0) is 18.3 Å². The molecule has 1 aliphatic carbocycles. The molecule has 1 fully saturated rings. The molecule has 0 radical (unpaired) electrons. The third-order valence-corrected chi connectivity index (χ3v) is 4.06. The van der Waals surface area contributed by atoms with Crippen LogP contribution in [0.25, 0.3) is 0 Å². The molecule has 4 heteroatoms. The largest absolute Gasteiger partial charge is 0.369 e. The van der Waals surface area contributed by atoms with E-state index in [2.05, 4.69) is 22.2 Å². The van der Waals surface area contributed by atoms with Crippen molar-refractivity contribution in [3.8, 4) is 0 Å². The summed E-state index contributed by atoms with van der Waals surface area (Å²) >= 11 is 0. The van der Waals surface area contributed by atoms with Gasteiger partial charge in [-0.15, -0.1) is 0 Å². The van der Waals surface area contributed by atoms with Crippen molar-refractivity contribution in [3.63, 3.8) is 0 Å². The number of rotatable bonds is 4. The van der Waals surface area contributed by atoms with Crippen LogP contribution in [0.2, 0.25) is 0 Å². The van der Waals surface area contributed by atoms with E-state index in [9.17, 15) is 4.79 Å². The van der Waals surface area contributed by atoms with Gasteiger partial charge in [-0.25, -0.2) is 4.98 Å². The van der Waals surface area contributed by atoms with Crippen LogP contribution in [0.1, 0.15) is 64.6 Å². The SMILES string of the molecule is CC(C)c1nc(NCC2(C)CCCCC2)cc(=O)[nH]1. The standard InChI is InChI=1S/C15H25N3O/c1-11(2)14-17-12(9-13(19)18-14)16-10-15(3)7-5-4-6-8-15/h9,11H,4-8,10H2,1-3H3,(H2,16,17,18,19). The fourth-order valence-corrected chi connectivity index (χ4v) is 2.73. The molecular formula is C15H25N3O. The van der Waals surface area contributed by atoms with E-state index in [1.54, 1.807) is 6.07 Å². The number of hydrogen-bond donors (Lipinski definition) is 2. The Morgan fingerprint density at radius 1 is 1.37 bits per heavy atom. The van der Waals surface area contributed by atoms with E-state index in [1.165, 1.54) is 32.1 Å². The molecule has 0 aromatic carbocycles. The Bertz CT molecular complexity index is 473. The molecule has 19 heavy (non-hydrogen) atoms. The predicted octanol–water partition coefficient (Wildman–Crippen LogP) is 3.28. The molecule has 0 saturated heterocycles. The maximum absolute atomic E-state index is 11.6. The highest BCUT2D eigenvalue weighted by atomic mass is 16.1. The Balaban J connectivity index is 2.04. The van der Waals surface area contributed by atoms with Gasteiger partial charge in [0.2, 0.25) is 0 Å². The first-order chi connectivity index (χ1) is 8.98. The number of anilines is 1. The van der Waals surface area contributed by atoms with Gasteiger partial charge in [0.15, 0.2) is 0 Å². The van der Waals surface area contributed by atoms with Crippen LogP contribution in [0.15, 0.2) is 10.9 Å². The second-order valence-corrected chi connectivity index (χ2v) is 6.40. The van der Waals surface area contributed by atoms with Gasteiger partial charge < -0.3 is 10.3 Å². The lowest BCUT2D eigenvalue weighted by atomic mass is 9.76. The quantitative estimate of drug-likeness (QED) is 0.876. The van der Waals surface area contributed by atoms with Crippen LogP contribution in [-0.4, -0.2) is 16.5 Å². The van der Waals surface area contributed by atoms with Crippen LogP contribution in [0.3, 0.4) is 0 Å². The maximum Gasteiger partial charge on any atom is 0.252 e. The van der Waals surface area contributed by atoms with E-state index in [1.807, 2.05) is 13.8 Å². The van der Waals surface area contributed by atoms with Crippen molar-refractivity contribution in [2.75, 3.05) is 11.9 Å². The molecule has 0 aliphatic heterocycles. The van der Waals surface area contributed by atoms with Gasteiger partial charge in [0.25, 0.3) is 5.56 Å². The fraction of sp³-hybridized carbons (Fsp3) is 0.733. The Hall–Kier alpha value is -1.32. The topological polar surface area (TPSA) is 57.8 Å². The molecule has 1 aliphatic rings. The highest BCUT2D eigenvalue weighted by Crippen LogP contribution is 2.35. The zero-order valence-electron chi connectivity index (χ0n) is 12.3. The van der Waals surface area contributed by atoms with E-state index < -0.39 is 0 Å². The van der Waals surface area contributed by atoms with Crippen LogP contribution in [0, 0.1) is 5.41 Å². The van der Waals surface area contributed by atoms with Crippen molar-refractivity contribution < 1.29 is 0 Å². The van der Waals surface area contributed by atoms with Crippen molar-refractivity contribution in [1.82, 2.24) is 9.97 Å². The van der Waals surface area contributed by atoms with Gasteiger partial charge in [0.1, 0.15) is 11.6 Å². The predicted molar refractivity (Wildman–Crippen MR) is 78.6 cm³/mol. The number of H-pyrrole nitrogens is 1. The second-order valence-electron chi connectivity index (χ2n) is 6.40. The summed E-state index contributed by atoms with van der Waals surface area (Å²) in [4.78, 5) is 18.9. The average Bonchev–Trinajstić information content (AvgIpc) is 2.37. The highest BCUT2D eigenvalue weighted by molar-refractivity contribution is 5.33. The summed E-state index contributed by atoms with van der Waals surface area (Å²) in [6.45, 7) is 7.30. The second kappa shape index (κ2) is 5.76. The Morgan fingerprint density at radius 2 is 2.05 bits per heavy atom. The van der Waals surface area contributed by atoms with Gasteiger partial charge in [-0.2, -0.15) is 0 Å². The summed E-state index contributed by atoms with van der Waals surface area (Å²) in [5.41, 5.74) is 0.274. The Labute approximate surface area is 115 Å². The van der Waals surface area contributed by atoms with Crippen molar-refractivity contribution in [2.24, 2.45) is 5.41 Å². The lowest BCUT2D eigenvalue weighted by molar-refractivity contribution is 0.233. The summed E-state index contributed by atoms with van der Waals surface area (Å²) in [5, 5.41) is 3.36. The minimum atomic E-state index is -0.0741. The van der Waals surface area contributed by atoms with E-state index >= 15 is 0 Å². The number of hydrogen-bond acceptors (Lipinski definition) is 3. The normalized spacial score (nSPS) is 18.5. The molecular weight excluding hydrogens is 238 g/mol. The highest BCUT2D eigenvalue weighted by Gasteiger charge is 2.26. The van der Waals surface area contributed by atoms with E-state index in [4.69, 9.17) is 0 Å². The zero-order chi connectivity index (χ0) is 13.9. The molecule has 2 N–H and O–H groups in total. The third-order valence-electron chi connectivity index (χ3n) is 4.06. The molecule has 0 atom stereocenters. The van der Waals surface area contributed by atoms with Crippen LogP contribution in [0.4, 0.5) is 5.82 Å². The zero-order valence-corrected chi connectivity index (χ0v) is 12.3. The molecule has 1 heterocycles. The van der Waals surface area contributed by atoms with Gasteiger partial charge in [-0.1, -0.05) is 40.0 Å². The molecule has 106 valence electrons. The molecule has 2 rings (SSSR count). The van der Waals surface area contributed by atoms with Crippen molar-refractivity contribution in [1.29, 1.82) is 0 Å². The minimum Gasteiger partial charge on any atom is -0.369 e. The summed E-state index contributed by atoms with van der Waals surface area (Å²) in [6.07, 6.45) is 6.52. The van der Waals surface area contributed by atoms with Crippen molar-refractivity contribution in [2.45, 2.75) is 58.8 Å². The number of nitrogens with one attached hydrogen (secondary N) is 2. The monoisotopic (exact) mass is 263 g/mol. The first kappa shape index (κ1) is 14.1. The molecule has 0 amide bonds. The Kier molecular flexibility index (Phi) is 4.27. The van der Waals surface area contributed by atoms with Gasteiger partial charge >= 0.3 is 0 Å². The van der Waals surface area contributed by atoms with E-state index in [0.29, 0.717) is 11.2 Å². The lowest BCUT2D eigenvalue weighted by Crippen LogP contribution is -2.29. The Morgan fingerprint density at radius 3 is 2.68 bits per heavy atom. The van der Waals surface area contributed by atoms with Gasteiger partial charge in [0.05, 0.1) is 0 Å². The smallest absolute Gasteiger partial charge is 0.252 e.